The Kier molecular flexibility index (Phi) is 6.06. The highest BCUT2D eigenvalue weighted by Gasteiger charge is 2.25. The molecule has 0 unspecified atom stereocenters. The van der Waals surface area contributed by atoms with Crippen LogP contribution in [-0.2, 0) is 19.1 Å². The van der Waals surface area contributed by atoms with Crippen LogP contribution >= 0.6 is 11.6 Å². The number of rotatable bonds is 5. The molecule has 0 aliphatic heterocycles. The molecule has 0 amide bonds. The Morgan fingerprint density at radius 1 is 1.15 bits per heavy atom. The lowest BCUT2D eigenvalue weighted by Gasteiger charge is -2.10. The van der Waals surface area contributed by atoms with E-state index in [4.69, 9.17) is 26.8 Å². The topological polar surface area (TPSA) is 78.6 Å². The number of ether oxygens (including phenoxy) is 2. The average molecular weight is 298 g/mol. The van der Waals surface area contributed by atoms with Crippen molar-refractivity contribution in [2.45, 2.75) is 13.8 Å². The molecular weight excluding hydrogens is 282 g/mol. The third-order valence-electron chi connectivity index (χ3n) is 2.36. The van der Waals surface area contributed by atoms with Crippen LogP contribution in [0.25, 0.3) is 5.70 Å². The monoisotopic (exact) mass is 297 g/mol. The van der Waals surface area contributed by atoms with Crippen molar-refractivity contribution in [1.29, 1.82) is 0 Å². The van der Waals surface area contributed by atoms with Crippen LogP contribution in [0.1, 0.15) is 19.4 Å². The molecule has 20 heavy (non-hydrogen) atoms. The highest BCUT2D eigenvalue weighted by Crippen LogP contribution is 2.19. The second kappa shape index (κ2) is 7.55. The summed E-state index contributed by atoms with van der Waals surface area (Å²) in [5.74, 6) is -1.63. The zero-order valence-electron chi connectivity index (χ0n) is 11.3. The molecule has 0 radical (unpaired) electrons. The van der Waals surface area contributed by atoms with E-state index in [1.54, 1.807) is 38.1 Å². The Hall–Kier alpha value is -2.01. The van der Waals surface area contributed by atoms with Gasteiger partial charge < -0.3 is 15.2 Å². The Bertz CT molecular complexity index is 520. The summed E-state index contributed by atoms with van der Waals surface area (Å²) in [6.07, 6.45) is 0. The largest absolute Gasteiger partial charge is 0.462 e. The van der Waals surface area contributed by atoms with Gasteiger partial charge in [0.05, 0.1) is 18.9 Å². The fourth-order valence-electron chi connectivity index (χ4n) is 1.51. The van der Waals surface area contributed by atoms with Gasteiger partial charge in [-0.25, -0.2) is 9.59 Å². The average Bonchev–Trinajstić information content (AvgIpc) is 2.39. The fraction of sp³-hybridized carbons (Fsp3) is 0.286. The number of carbonyl (C=O) groups is 2. The molecule has 1 rings (SSSR count). The highest BCUT2D eigenvalue weighted by atomic mass is 35.5. The SMILES string of the molecule is CCOC(=O)C(C(=O)OCC)=C(N)c1cccc(Cl)c1. The summed E-state index contributed by atoms with van der Waals surface area (Å²) in [5, 5.41) is 0.442. The molecule has 108 valence electrons. The van der Waals surface area contributed by atoms with Gasteiger partial charge in [0, 0.05) is 10.6 Å². The van der Waals surface area contributed by atoms with Crippen molar-refractivity contribution >= 4 is 29.2 Å². The number of carbonyl (C=O) groups excluding carboxylic acids is 2. The molecule has 0 saturated heterocycles. The van der Waals surface area contributed by atoms with Gasteiger partial charge in [0.2, 0.25) is 0 Å². The molecule has 0 atom stereocenters. The minimum absolute atomic E-state index is 0.0237. The van der Waals surface area contributed by atoms with Crippen LogP contribution in [0, 0.1) is 0 Å². The van der Waals surface area contributed by atoms with Crippen molar-refractivity contribution < 1.29 is 19.1 Å². The van der Waals surface area contributed by atoms with E-state index in [-0.39, 0.29) is 24.5 Å². The molecule has 0 fully saturated rings. The maximum absolute atomic E-state index is 11.9. The van der Waals surface area contributed by atoms with Crippen LogP contribution in [-0.4, -0.2) is 25.2 Å². The summed E-state index contributed by atoms with van der Waals surface area (Å²) in [5.41, 5.74) is 6.00. The lowest BCUT2D eigenvalue weighted by Crippen LogP contribution is -2.22. The number of nitrogens with two attached hydrogens (primary N) is 1. The highest BCUT2D eigenvalue weighted by molar-refractivity contribution is 6.30. The number of benzene rings is 1. The first-order chi connectivity index (χ1) is 9.51. The molecular formula is C14H16ClNO4. The first kappa shape index (κ1) is 16.0. The predicted molar refractivity (Wildman–Crippen MR) is 75.8 cm³/mol. The van der Waals surface area contributed by atoms with Crippen LogP contribution in [0.2, 0.25) is 5.02 Å². The van der Waals surface area contributed by atoms with E-state index in [0.717, 1.165) is 0 Å². The first-order valence-corrected chi connectivity index (χ1v) is 6.49. The van der Waals surface area contributed by atoms with Crippen LogP contribution in [0.3, 0.4) is 0 Å². The number of hydrogen-bond acceptors (Lipinski definition) is 5. The Morgan fingerprint density at radius 3 is 2.15 bits per heavy atom. The van der Waals surface area contributed by atoms with Crippen LogP contribution in [0.5, 0.6) is 0 Å². The molecule has 6 heteroatoms. The maximum atomic E-state index is 11.9. The van der Waals surface area contributed by atoms with Gasteiger partial charge in [-0.3, -0.25) is 0 Å². The second-order valence-electron chi connectivity index (χ2n) is 3.74. The lowest BCUT2D eigenvalue weighted by molar-refractivity contribution is -0.146. The maximum Gasteiger partial charge on any atom is 0.347 e. The summed E-state index contributed by atoms with van der Waals surface area (Å²) >= 11 is 5.86. The summed E-state index contributed by atoms with van der Waals surface area (Å²) in [7, 11) is 0. The van der Waals surface area contributed by atoms with E-state index < -0.39 is 11.9 Å². The van der Waals surface area contributed by atoms with Crippen LogP contribution in [0.4, 0.5) is 0 Å². The van der Waals surface area contributed by atoms with E-state index in [0.29, 0.717) is 10.6 Å². The van der Waals surface area contributed by atoms with E-state index in [2.05, 4.69) is 0 Å². The van der Waals surface area contributed by atoms with Crippen molar-refractivity contribution in [3.05, 3.63) is 40.4 Å². The molecule has 0 aliphatic carbocycles. The molecule has 1 aromatic rings. The van der Waals surface area contributed by atoms with Gasteiger partial charge >= 0.3 is 11.9 Å². The summed E-state index contributed by atoms with van der Waals surface area (Å²) in [6.45, 7) is 3.53. The first-order valence-electron chi connectivity index (χ1n) is 6.11. The summed E-state index contributed by atoms with van der Waals surface area (Å²) in [6, 6.07) is 6.51. The number of hydrogen-bond donors (Lipinski definition) is 1. The fourth-order valence-corrected chi connectivity index (χ4v) is 1.70. The molecule has 5 nitrogen and oxygen atoms in total. The standard InChI is InChI=1S/C14H16ClNO4/c1-3-19-13(17)11(14(18)20-4-2)12(16)9-6-5-7-10(15)8-9/h5-8H,3-4,16H2,1-2H3. The van der Waals surface area contributed by atoms with E-state index >= 15 is 0 Å². The minimum atomic E-state index is -0.816. The van der Waals surface area contributed by atoms with Crippen molar-refractivity contribution in [3.63, 3.8) is 0 Å². The Morgan fingerprint density at radius 2 is 1.70 bits per heavy atom. The van der Waals surface area contributed by atoms with E-state index in [9.17, 15) is 9.59 Å². The smallest absolute Gasteiger partial charge is 0.347 e. The van der Waals surface area contributed by atoms with E-state index in [1.165, 1.54) is 0 Å². The zero-order chi connectivity index (χ0) is 15.1. The van der Waals surface area contributed by atoms with Crippen molar-refractivity contribution in [1.82, 2.24) is 0 Å². The van der Waals surface area contributed by atoms with Gasteiger partial charge in [-0.15, -0.1) is 0 Å². The molecule has 0 bridgehead atoms. The van der Waals surface area contributed by atoms with Crippen LogP contribution in [0.15, 0.2) is 29.8 Å². The Balaban J connectivity index is 3.28. The minimum Gasteiger partial charge on any atom is -0.462 e. The molecule has 0 aliphatic rings. The number of halogens is 1. The van der Waals surface area contributed by atoms with Crippen molar-refractivity contribution in [2.24, 2.45) is 5.73 Å². The molecule has 2 N–H and O–H groups in total. The second-order valence-corrected chi connectivity index (χ2v) is 4.18. The molecule has 0 saturated carbocycles. The van der Waals surface area contributed by atoms with Gasteiger partial charge in [-0.05, 0) is 26.0 Å². The Labute approximate surface area is 122 Å². The summed E-state index contributed by atoms with van der Waals surface area (Å²) in [4.78, 5) is 23.7. The normalized spacial score (nSPS) is 9.75. The molecule has 0 heterocycles. The summed E-state index contributed by atoms with van der Waals surface area (Å²) < 4.78 is 9.67. The molecule has 0 aromatic heterocycles. The zero-order valence-corrected chi connectivity index (χ0v) is 12.1. The third-order valence-corrected chi connectivity index (χ3v) is 2.60. The quantitative estimate of drug-likeness (QED) is 0.390. The van der Waals surface area contributed by atoms with Crippen molar-refractivity contribution in [2.75, 3.05) is 13.2 Å². The lowest BCUT2D eigenvalue weighted by atomic mass is 10.1. The van der Waals surface area contributed by atoms with Crippen LogP contribution < -0.4 is 5.73 Å². The van der Waals surface area contributed by atoms with Gasteiger partial charge in [-0.1, -0.05) is 23.7 Å². The molecule has 1 aromatic carbocycles. The molecule has 0 spiro atoms. The van der Waals surface area contributed by atoms with E-state index in [1.807, 2.05) is 0 Å². The van der Waals surface area contributed by atoms with Gasteiger partial charge in [0.25, 0.3) is 0 Å². The predicted octanol–water partition coefficient (Wildman–Crippen LogP) is 2.14. The number of esters is 2. The third kappa shape index (κ3) is 3.99. The van der Waals surface area contributed by atoms with Crippen molar-refractivity contribution in [3.8, 4) is 0 Å². The van der Waals surface area contributed by atoms with Gasteiger partial charge in [-0.2, -0.15) is 0 Å². The van der Waals surface area contributed by atoms with Gasteiger partial charge in [0.15, 0.2) is 5.57 Å². The van der Waals surface area contributed by atoms with Gasteiger partial charge in [0.1, 0.15) is 0 Å².